The van der Waals surface area contributed by atoms with E-state index in [1.807, 2.05) is 0 Å². The van der Waals surface area contributed by atoms with Crippen LogP contribution in [0.4, 0.5) is 17.6 Å². The zero-order valence-electron chi connectivity index (χ0n) is 16.2. The van der Waals surface area contributed by atoms with Gasteiger partial charge in [-0.2, -0.15) is 5.10 Å². The van der Waals surface area contributed by atoms with Gasteiger partial charge in [0.05, 0.1) is 17.8 Å². The molecule has 1 unspecified atom stereocenters. The van der Waals surface area contributed by atoms with Crippen LogP contribution in [0.5, 0.6) is 5.75 Å². The number of ether oxygens (including phenoxy) is 1. The van der Waals surface area contributed by atoms with Crippen molar-refractivity contribution in [3.8, 4) is 5.75 Å². The second kappa shape index (κ2) is 7.56. The molecule has 7 nitrogen and oxygen atoms in total. The second-order valence-electron chi connectivity index (χ2n) is 7.19. The highest BCUT2D eigenvalue weighted by atomic mass is 19.4. The van der Waals surface area contributed by atoms with E-state index in [1.54, 1.807) is 19.2 Å². The second-order valence-corrected chi connectivity index (χ2v) is 7.19. The van der Waals surface area contributed by atoms with E-state index >= 15 is 0 Å². The lowest BCUT2D eigenvalue weighted by Crippen LogP contribution is -2.42. The predicted molar refractivity (Wildman–Crippen MR) is 97.3 cm³/mol. The molecule has 160 valence electrons. The van der Waals surface area contributed by atoms with Gasteiger partial charge in [0.15, 0.2) is 17.2 Å². The maximum absolute atomic E-state index is 14.1. The van der Waals surface area contributed by atoms with Gasteiger partial charge in [0.2, 0.25) is 0 Å². The van der Waals surface area contributed by atoms with Gasteiger partial charge in [-0.15, -0.1) is 13.2 Å². The molecule has 0 spiro atoms. The van der Waals surface area contributed by atoms with Crippen LogP contribution in [0, 0.1) is 12.7 Å². The molecule has 2 heterocycles. The number of nitrogens with one attached hydrogen (secondary N) is 1. The van der Waals surface area contributed by atoms with Crippen molar-refractivity contribution in [2.24, 2.45) is 0 Å². The van der Waals surface area contributed by atoms with Crippen LogP contribution in [0.15, 0.2) is 36.7 Å². The Labute approximate surface area is 168 Å². The van der Waals surface area contributed by atoms with Crippen molar-refractivity contribution < 1.29 is 32.2 Å². The number of aromatic nitrogens is 3. The van der Waals surface area contributed by atoms with Crippen LogP contribution < -0.4 is 10.1 Å². The van der Waals surface area contributed by atoms with Crippen LogP contribution in [-0.4, -0.2) is 37.6 Å². The molecule has 0 aliphatic carbocycles. The summed E-state index contributed by atoms with van der Waals surface area (Å²) in [5.74, 6) is -2.96. The number of rotatable bonds is 5. The molecular weight excluding hydrogens is 408 g/mol. The summed E-state index contributed by atoms with van der Waals surface area (Å²) in [4.78, 5) is 17.1. The monoisotopic (exact) mass is 426 g/mol. The van der Waals surface area contributed by atoms with Gasteiger partial charge in [0.1, 0.15) is 5.56 Å². The average molecular weight is 426 g/mol. The topological polar surface area (TPSA) is 88.8 Å². The van der Waals surface area contributed by atoms with Gasteiger partial charge in [-0.1, -0.05) is 6.07 Å². The number of carbonyl (C=O) groups excluding carboxylic acids is 1. The van der Waals surface area contributed by atoms with Crippen molar-refractivity contribution in [1.82, 2.24) is 19.9 Å². The maximum atomic E-state index is 14.1. The Morgan fingerprint density at radius 3 is 2.57 bits per heavy atom. The number of hydrogen-bond acceptors (Lipinski definition) is 5. The summed E-state index contributed by atoms with van der Waals surface area (Å²) in [6, 6.07) is 3.23. The molecule has 0 saturated heterocycles. The van der Waals surface area contributed by atoms with Crippen molar-refractivity contribution in [1.29, 1.82) is 0 Å². The van der Waals surface area contributed by atoms with Gasteiger partial charge in [-0.3, -0.25) is 4.79 Å². The third-order valence-electron chi connectivity index (χ3n) is 4.25. The van der Waals surface area contributed by atoms with Crippen molar-refractivity contribution in [3.05, 3.63) is 59.3 Å². The molecule has 0 aliphatic heterocycles. The number of aliphatic hydroxyl groups is 1. The van der Waals surface area contributed by atoms with Gasteiger partial charge >= 0.3 is 6.36 Å². The highest BCUT2D eigenvalue weighted by molar-refractivity contribution is 5.99. The summed E-state index contributed by atoms with van der Waals surface area (Å²) in [6.45, 7) is 4.48. The number of alkyl halides is 3. The lowest BCUT2D eigenvalue weighted by atomic mass is 9.91. The number of benzene rings is 1. The zero-order valence-corrected chi connectivity index (χ0v) is 16.2. The van der Waals surface area contributed by atoms with Crippen LogP contribution in [0.3, 0.4) is 0 Å². The molecule has 3 aromatic rings. The molecule has 0 radical (unpaired) electrons. The maximum Gasteiger partial charge on any atom is 0.573 e. The van der Waals surface area contributed by atoms with Crippen molar-refractivity contribution in [3.63, 3.8) is 0 Å². The Balaban J connectivity index is 1.92. The SMILES string of the molecule is Cc1ccn2ncc(C(=O)NC(c3ccc(OC(F)(F)F)c(F)c3)C(C)(C)O)c2n1. The Morgan fingerprint density at radius 2 is 1.97 bits per heavy atom. The molecule has 2 aromatic heterocycles. The quantitative estimate of drug-likeness (QED) is 0.611. The van der Waals surface area contributed by atoms with Crippen LogP contribution in [0.25, 0.3) is 5.65 Å². The summed E-state index contributed by atoms with van der Waals surface area (Å²) in [6.07, 6.45) is -2.14. The molecule has 30 heavy (non-hydrogen) atoms. The smallest absolute Gasteiger partial charge is 0.403 e. The third kappa shape index (κ3) is 4.67. The van der Waals surface area contributed by atoms with Gasteiger partial charge in [0, 0.05) is 11.9 Å². The third-order valence-corrected chi connectivity index (χ3v) is 4.25. The van der Waals surface area contributed by atoms with Gasteiger partial charge in [-0.05, 0) is 44.5 Å². The first-order valence-corrected chi connectivity index (χ1v) is 8.74. The summed E-state index contributed by atoms with van der Waals surface area (Å²) < 4.78 is 56.2. The first-order chi connectivity index (χ1) is 13.8. The highest BCUT2D eigenvalue weighted by Gasteiger charge is 2.34. The Hall–Kier alpha value is -3.21. The largest absolute Gasteiger partial charge is 0.573 e. The van der Waals surface area contributed by atoms with Gasteiger partial charge < -0.3 is 15.2 Å². The molecule has 1 aromatic carbocycles. The molecule has 0 fully saturated rings. The van der Waals surface area contributed by atoms with Crippen LogP contribution >= 0.6 is 0 Å². The van der Waals surface area contributed by atoms with E-state index in [0.29, 0.717) is 5.69 Å². The molecular formula is C19H18F4N4O3. The zero-order chi connectivity index (χ0) is 22.3. The first-order valence-electron chi connectivity index (χ1n) is 8.74. The van der Waals surface area contributed by atoms with E-state index < -0.39 is 35.5 Å². The van der Waals surface area contributed by atoms with E-state index in [9.17, 15) is 27.5 Å². The highest BCUT2D eigenvalue weighted by Crippen LogP contribution is 2.31. The minimum absolute atomic E-state index is 0.0449. The summed E-state index contributed by atoms with van der Waals surface area (Å²) in [5, 5.41) is 17.1. The van der Waals surface area contributed by atoms with Gasteiger partial charge in [0.25, 0.3) is 5.91 Å². The van der Waals surface area contributed by atoms with Crippen molar-refractivity contribution >= 4 is 11.6 Å². The number of nitrogens with zero attached hydrogens (tertiary/aromatic N) is 3. The number of hydrogen-bond donors (Lipinski definition) is 2. The summed E-state index contributed by atoms with van der Waals surface area (Å²) in [5.41, 5.74) is -0.490. The summed E-state index contributed by atoms with van der Waals surface area (Å²) >= 11 is 0. The average Bonchev–Trinajstić information content (AvgIpc) is 3.02. The lowest BCUT2D eigenvalue weighted by Gasteiger charge is -2.30. The van der Waals surface area contributed by atoms with Gasteiger partial charge in [-0.25, -0.2) is 13.9 Å². The van der Waals surface area contributed by atoms with E-state index in [1.165, 1.54) is 24.6 Å². The fourth-order valence-corrected chi connectivity index (χ4v) is 2.90. The Morgan fingerprint density at radius 1 is 1.27 bits per heavy atom. The molecule has 3 rings (SSSR count). The van der Waals surface area contributed by atoms with E-state index in [0.717, 1.165) is 18.2 Å². The number of carbonyl (C=O) groups is 1. The fourth-order valence-electron chi connectivity index (χ4n) is 2.90. The minimum atomic E-state index is -5.05. The fraction of sp³-hybridized carbons (Fsp3) is 0.316. The van der Waals surface area contributed by atoms with Crippen LogP contribution in [0.1, 0.15) is 41.5 Å². The van der Waals surface area contributed by atoms with Crippen LogP contribution in [-0.2, 0) is 0 Å². The van der Waals surface area contributed by atoms with Crippen LogP contribution in [0.2, 0.25) is 0 Å². The molecule has 0 aliphatic rings. The molecule has 1 atom stereocenters. The standard InChI is InChI=1S/C19H18F4N4O3/c1-10-6-7-27-16(25-10)12(9-24-27)17(28)26-15(18(2,3)29)11-4-5-14(13(20)8-11)30-19(21,22)23/h4-9,15,29H,1-3H3,(H,26,28). The molecule has 11 heteroatoms. The van der Waals surface area contributed by atoms with Crippen molar-refractivity contribution in [2.45, 2.75) is 38.8 Å². The first kappa shape index (κ1) is 21.5. The Bertz CT molecular complexity index is 1090. The van der Waals surface area contributed by atoms with E-state index in [2.05, 4.69) is 20.1 Å². The molecule has 0 saturated carbocycles. The number of fused-ring (bicyclic) bond motifs is 1. The Kier molecular flexibility index (Phi) is 5.42. The summed E-state index contributed by atoms with van der Waals surface area (Å²) in [7, 11) is 0. The lowest BCUT2D eigenvalue weighted by molar-refractivity contribution is -0.275. The molecule has 2 N–H and O–H groups in total. The van der Waals surface area contributed by atoms with E-state index in [-0.39, 0.29) is 16.8 Å². The van der Waals surface area contributed by atoms with Crippen molar-refractivity contribution in [2.75, 3.05) is 0 Å². The molecule has 0 bridgehead atoms. The normalized spacial score (nSPS) is 13.3. The van der Waals surface area contributed by atoms with E-state index in [4.69, 9.17) is 0 Å². The number of halogens is 4. The minimum Gasteiger partial charge on any atom is -0.403 e. The predicted octanol–water partition coefficient (Wildman–Crippen LogP) is 3.32. The molecule has 1 amide bonds. The number of amides is 1. The number of aryl methyl sites for hydroxylation is 1.